The van der Waals surface area contributed by atoms with Gasteiger partial charge in [-0.3, -0.25) is 9.69 Å². The lowest BCUT2D eigenvalue weighted by Crippen LogP contribution is -2.34. The molecule has 2 aromatic carbocycles. The summed E-state index contributed by atoms with van der Waals surface area (Å²) in [5, 5.41) is 9.67. The average molecular weight is 416 g/mol. The second-order valence-electron chi connectivity index (χ2n) is 5.77. The first-order valence-corrected chi connectivity index (χ1v) is 9.66. The van der Waals surface area contributed by atoms with Gasteiger partial charge >= 0.3 is 0 Å². The number of benzene rings is 2. The van der Waals surface area contributed by atoms with Crippen molar-refractivity contribution in [1.29, 1.82) is 0 Å². The van der Waals surface area contributed by atoms with Gasteiger partial charge in [0.05, 0.1) is 12.6 Å². The maximum atomic E-state index is 13.8. The molecule has 1 aliphatic rings. The Bertz CT molecular complexity index is 801. The third-order valence-corrected chi connectivity index (χ3v) is 5.33. The molecule has 0 aliphatic carbocycles. The van der Waals surface area contributed by atoms with E-state index in [1.807, 2.05) is 0 Å². The van der Waals surface area contributed by atoms with Crippen molar-refractivity contribution in [2.45, 2.75) is 12.5 Å². The van der Waals surface area contributed by atoms with Crippen LogP contribution in [0.4, 0.5) is 14.9 Å². The highest BCUT2D eigenvalue weighted by Crippen LogP contribution is 2.35. The van der Waals surface area contributed by atoms with Gasteiger partial charge < -0.3 is 9.84 Å². The summed E-state index contributed by atoms with van der Waals surface area (Å²) in [6.45, 7) is -0.175. The Labute approximate surface area is 164 Å². The number of hydrogen-bond donors (Lipinski definition) is 1. The predicted molar refractivity (Wildman–Crippen MR) is 103 cm³/mol. The van der Waals surface area contributed by atoms with Crippen LogP contribution in [0, 0.1) is 5.82 Å². The van der Waals surface area contributed by atoms with Crippen LogP contribution in [0.2, 0.25) is 10.0 Å². The smallest absolute Gasteiger partial charge is 0.286 e. The molecule has 8 heteroatoms. The molecular weight excluding hydrogens is 400 g/mol. The SMILES string of the molecule is O=C1SC[C@H](Cc2ccc(F)c(OCCO)c2)N1c1cc(Cl)cc(Cl)c1. The first kappa shape index (κ1) is 19.3. The van der Waals surface area contributed by atoms with E-state index in [9.17, 15) is 9.18 Å². The molecule has 1 aliphatic heterocycles. The van der Waals surface area contributed by atoms with Crippen molar-refractivity contribution in [2.75, 3.05) is 23.9 Å². The van der Waals surface area contributed by atoms with Gasteiger partial charge in [0.1, 0.15) is 6.61 Å². The van der Waals surface area contributed by atoms with Crippen molar-refractivity contribution in [1.82, 2.24) is 0 Å². The standard InChI is InChI=1S/C18H16Cl2FNO3S/c19-12-7-13(20)9-14(8-12)22-15(10-26-18(22)24)5-11-1-2-16(21)17(6-11)25-4-3-23/h1-2,6-9,15,23H,3-5,10H2/t15-/m0/s1. The van der Waals surface area contributed by atoms with Gasteiger partial charge in [-0.05, 0) is 42.3 Å². The van der Waals surface area contributed by atoms with Gasteiger partial charge in [0.25, 0.3) is 5.24 Å². The van der Waals surface area contributed by atoms with Crippen molar-refractivity contribution >= 4 is 45.9 Å². The number of anilines is 1. The van der Waals surface area contributed by atoms with Crippen LogP contribution in [0.15, 0.2) is 36.4 Å². The first-order valence-electron chi connectivity index (χ1n) is 7.92. The Hall–Kier alpha value is -1.47. The van der Waals surface area contributed by atoms with Crippen LogP contribution < -0.4 is 9.64 Å². The van der Waals surface area contributed by atoms with Crippen molar-refractivity contribution in [3.8, 4) is 5.75 Å². The minimum atomic E-state index is -0.488. The van der Waals surface area contributed by atoms with Crippen molar-refractivity contribution in [3.05, 3.63) is 57.8 Å². The fraction of sp³-hybridized carbons (Fsp3) is 0.278. The van der Waals surface area contributed by atoms with Crippen molar-refractivity contribution in [3.63, 3.8) is 0 Å². The number of amides is 1. The van der Waals surface area contributed by atoms with E-state index in [2.05, 4.69) is 0 Å². The fourth-order valence-corrected chi connectivity index (χ4v) is 4.33. The molecule has 1 atom stereocenters. The fourth-order valence-electron chi connectivity index (χ4n) is 2.82. The molecule has 138 valence electrons. The monoisotopic (exact) mass is 415 g/mol. The quantitative estimate of drug-likeness (QED) is 0.736. The Kier molecular flexibility index (Phi) is 6.29. The molecule has 1 fully saturated rings. The summed E-state index contributed by atoms with van der Waals surface area (Å²) in [5.74, 6) is 0.205. The lowest BCUT2D eigenvalue weighted by molar-refractivity contribution is 0.196. The Morgan fingerprint density at radius 1 is 1.23 bits per heavy atom. The highest BCUT2D eigenvalue weighted by molar-refractivity contribution is 8.14. The number of aliphatic hydroxyl groups is 1. The zero-order chi connectivity index (χ0) is 18.7. The van der Waals surface area contributed by atoms with E-state index in [1.54, 1.807) is 35.2 Å². The van der Waals surface area contributed by atoms with Crippen LogP contribution >= 0.6 is 35.0 Å². The van der Waals surface area contributed by atoms with E-state index >= 15 is 0 Å². The molecule has 0 radical (unpaired) electrons. The van der Waals surface area contributed by atoms with Gasteiger partial charge in [-0.25, -0.2) is 4.39 Å². The molecule has 0 bridgehead atoms. The van der Waals surface area contributed by atoms with Gasteiger partial charge in [0.2, 0.25) is 0 Å². The molecule has 26 heavy (non-hydrogen) atoms. The summed E-state index contributed by atoms with van der Waals surface area (Å²) in [4.78, 5) is 14.0. The molecular formula is C18H16Cl2FNO3S. The lowest BCUT2D eigenvalue weighted by Gasteiger charge is -2.24. The highest BCUT2D eigenvalue weighted by Gasteiger charge is 2.33. The summed E-state index contributed by atoms with van der Waals surface area (Å²) in [5.41, 5.74) is 1.47. The van der Waals surface area contributed by atoms with Crippen LogP contribution in [0.3, 0.4) is 0 Å². The predicted octanol–water partition coefficient (Wildman–Crippen LogP) is 4.79. The number of aliphatic hydroxyl groups excluding tert-OH is 1. The molecule has 0 aromatic heterocycles. The topological polar surface area (TPSA) is 49.8 Å². The van der Waals surface area contributed by atoms with Crippen molar-refractivity contribution < 1.29 is 19.0 Å². The number of rotatable bonds is 6. The summed E-state index contributed by atoms with van der Waals surface area (Å²) in [6.07, 6.45) is 0.526. The van der Waals surface area contributed by atoms with Gasteiger partial charge in [0.15, 0.2) is 11.6 Å². The zero-order valence-corrected chi connectivity index (χ0v) is 16.0. The van der Waals surface area contributed by atoms with Gasteiger partial charge in [-0.2, -0.15) is 0 Å². The molecule has 3 rings (SSSR count). The van der Waals surface area contributed by atoms with Gasteiger partial charge in [-0.1, -0.05) is 41.0 Å². The number of hydrogen-bond acceptors (Lipinski definition) is 4. The van der Waals surface area contributed by atoms with Gasteiger partial charge in [0, 0.05) is 21.5 Å². The number of ether oxygens (including phenoxy) is 1. The highest BCUT2D eigenvalue weighted by atomic mass is 35.5. The Morgan fingerprint density at radius 2 is 1.96 bits per heavy atom. The minimum absolute atomic E-state index is 0.0191. The molecule has 0 spiro atoms. The normalized spacial score (nSPS) is 17.0. The average Bonchev–Trinajstić information content (AvgIpc) is 2.95. The molecule has 0 saturated carbocycles. The largest absolute Gasteiger partial charge is 0.488 e. The number of thioether (sulfide) groups is 1. The second-order valence-corrected chi connectivity index (χ2v) is 7.61. The maximum Gasteiger partial charge on any atom is 0.286 e. The maximum absolute atomic E-state index is 13.8. The Morgan fingerprint density at radius 3 is 2.65 bits per heavy atom. The van der Waals surface area contributed by atoms with Gasteiger partial charge in [-0.15, -0.1) is 0 Å². The molecule has 1 heterocycles. The van der Waals surface area contributed by atoms with E-state index in [0.29, 0.717) is 27.9 Å². The molecule has 1 N–H and O–H groups in total. The summed E-state index contributed by atoms with van der Waals surface area (Å²) >= 11 is 13.3. The van der Waals surface area contributed by atoms with E-state index < -0.39 is 5.82 Å². The first-order chi connectivity index (χ1) is 12.5. The lowest BCUT2D eigenvalue weighted by atomic mass is 10.0. The van der Waals surface area contributed by atoms with Crippen LogP contribution in [-0.4, -0.2) is 35.4 Å². The molecule has 1 amide bonds. The third-order valence-electron chi connectivity index (χ3n) is 3.90. The van der Waals surface area contributed by atoms with E-state index in [-0.39, 0.29) is 30.2 Å². The summed E-state index contributed by atoms with van der Waals surface area (Å²) in [6, 6.07) is 9.49. The number of nitrogens with zero attached hydrogens (tertiary/aromatic N) is 1. The molecule has 2 aromatic rings. The van der Waals surface area contributed by atoms with Crippen LogP contribution in [0.25, 0.3) is 0 Å². The summed E-state index contributed by atoms with van der Waals surface area (Å²) in [7, 11) is 0. The zero-order valence-electron chi connectivity index (χ0n) is 13.6. The van der Waals surface area contributed by atoms with E-state index in [4.69, 9.17) is 33.0 Å². The van der Waals surface area contributed by atoms with E-state index in [0.717, 1.165) is 5.56 Å². The number of carbonyl (C=O) groups is 1. The number of carbonyl (C=O) groups excluding carboxylic acids is 1. The van der Waals surface area contributed by atoms with Crippen LogP contribution in [0.5, 0.6) is 5.75 Å². The Balaban J connectivity index is 1.83. The van der Waals surface area contributed by atoms with Crippen molar-refractivity contribution in [2.24, 2.45) is 0 Å². The molecule has 4 nitrogen and oxygen atoms in total. The van der Waals surface area contributed by atoms with Crippen LogP contribution in [-0.2, 0) is 6.42 Å². The number of halogens is 3. The minimum Gasteiger partial charge on any atom is -0.488 e. The molecule has 1 saturated heterocycles. The molecule has 0 unspecified atom stereocenters. The van der Waals surface area contributed by atoms with E-state index in [1.165, 1.54) is 17.8 Å². The second kappa shape index (κ2) is 8.48. The summed E-state index contributed by atoms with van der Waals surface area (Å²) < 4.78 is 19.0. The third kappa shape index (κ3) is 4.43. The van der Waals surface area contributed by atoms with Crippen LogP contribution in [0.1, 0.15) is 5.56 Å².